The van der Waals surface area contributed by atoms with Crippen LogP contribution in [-0.2, 0) is 5.67 Å². The molecule has 2 aromatic carbocycles. The third kappa shape index (κ3) is 3.35. The lowest BCUT2D eigenvalue weighted by Gasteiger charge is -2.27. The summed E-state index contributed by atoms with van der Waals surface area (Å²) in [5.41, 5.74) is 0.0458. The van der Waals surface area contributed by atoms with E-state index in [1.807, 2.05) is 0 Å². The molecule has 2 rings (SSSR count). The van der Waals surface area contributed by atoms with Crippen molar-refractivity contribution in [2.45, 2.75) is 18.3 Å². The van der Waals surface area contributed by atoms with Crippen molar-refractivity contribution in [3.05, 3.63) is 54.1 Å². The molecule has 0 amide bonds. The Balaban J connectivity index is 2.26. The Morgan fingerprint density at radius 3 is 1.61 bits per heavy atom. The minimum Gasteiger partial charge on any atom is -0.457 e. The van der Waals surface area contributed by atoms with Gasteiger partial charge in [-0.2, -0.15) is 13.2 Å². The lowest BCUT2D eigenvalue weighted by Crippen LogP contribution is -2.44. The van der Waals surface area contributed by atoms with E-state index >= 15 is 0 Å². The molecule has 2 nitrogen and oxygen atoms in total. The molecule has 0 radical (unpaired) electrons. The van der Waals surface area contributed by atoms with E-state index in [4.69, 9.17) is 10.5 Å². The maximum Gasteiger partial charge on any atom is 0.432 e. The van der Waals surface area contributed by atoms with Crippen LogP contribution in [0.3, 0.4) is 0 Å². The largest absolute Gasteiger partial charge is 0.457 e. The Bertz CT molecular complexity index is 653. The molecule has 0 spiro atoms. The van der Waals surface area contributed by atoms with Crippen molar-refractivity contribution in [1.82, 2.24) is 0 Å². The van der Waals surface area contributed by atoms with Crippen molar-refractivity contribution in [1.29, 1.82) is 0 Å². The fourth-order valence-corrected chi connectivity index (χ4v) is 1.85. The van der Waals surface area contributed by atoms with Crippen molar-refractivity contribution >= 4 is 5.69 Å². The number of ether oxygens (including phenoxy) is 1. The molecule has 0 aliphatic rings. The highest BCUT2D eigenvalue weighted by atomic mass is 19.4. The molecule has 0 fully saturated rings. The fourth-order valence-electron chi connectivity index (χ4n) is 1.85. The number of benzene rings is 2. The van der Waals surface area contributed by atoms with E-state index < -0.39 is 23.8 Å². The maximum absolute atomic E-state index is 13.8. The molecule has 1 atom stereocenters. The number of anilines is 1. The normalized spacial score (nSPS) is 14.6. The zero-order valence-electron chi connectivity index (χ0n) is 11.4. The average Bonchev–Trinajstić information content (AvgIpc) is 2.48. The highest BCUT2D eigenvalue weighted by Gasteiger charge is 2.63. The summed E-state index contributed by atoms with van der Waals surface area (Å²) in [6.45, 7) is 0. The molecule has 2 N–H and O–H groups in total. The van der Waals surface area contributed by atoms with Crippen LogP contribution in [0.1, 0.15) is 5.56 Å². The van der Waals surface area contributed by atoms with Gasteiger partial charge in [0.15, 0.2) is 0 Å². The molecule has 124 valence electrons. The SMILES string of the molecule is Nc1ccc(Oc2ccc(C(F)(C(F)F)C(F)(F)F)cc2)cc1. The maximum atomic E-state index is 13.8. The van der Waals surface area contributed by atoms with Gasteiger partial charge in [-0.3, -0.25) is 0 Å². The van der Waals surface area contributed by atoms with Gasteiger partial charge >= 0.3 is 6.18 Å². The molecular weight excluding hydrogens is 324 g/mol. The predicted octanol–water partition coefficient (Wildman–Crippen LogP) is 5.05. The number of hydrogen-bond donors (Lipinski definition) is 1. The number of nitrogen functional groups attached to an aromatic ring is 1. The van der Waals surface area contributed by atoms with Gasteiger partial charge in [0.1, 0.15) is 11.5 Å². The highest BCUT2D eigenvalue weighted by molar-refractivity contribution is 5.43. The Morgan fingerprint density at radius 1 is 0.783 bits per heavy atom. The number of rotatable bonds is 4. The Kier molecular flexibility index (Phi) is 4.44. The molecule has 0 saturated heterocycles. The summed E-state index contributed by atoms with van der Waals surface area (Å²) >= 11 is 0. The Hall–Kier alpha value is -2.38. The molecule has 2 aromatic rings. The summed E-state index contributed by atoms with van der Waals surface area (Å²) in [5.74, 6) is 0.403. The first-order valence-corrected chi connectivity index (χ1v) is 6.32. The third-order valence-corrected chi connectivity index (χ3v) is 3.10. The van der Waals surface area contributed by atoms with Gasteiger partial charge in [0.25, 0.3) is 12.1 Å². The lowest BCUT2D eigenvalue weighted by molar-refractivity contribution is -0.274. The van der Waals surface area contributed by atoms with Crippen LogP contribution < -0.4 is 10.5 Å². The molecule has 0 heterocycles. The van der Waals surface area contributed by atoms with Gasteiger partial charge < -0.3 is 10.5 Å². The third-order valence-electron chi connectivity index (χ3n) is 3.10. The minimum atomic E-state index is -5.74. The topological polar surface area (TPSA) is 35.2 Å². The van der Waals surface area contributed by atoms with Crippen LogP contribution in [0, 0.1) is 0 Å². The zero-order valence-corrected chi connectivity index (χ0v) is 11.4. The quantitative estimate of drug-likeness (QED) is 0.627. The van der Waals surface area contributed by atoms with Gasteiger partial charge in [0.05, 0.1) is 0 Å². The predicted molar refractivity (Wildman–Crippen MR) is 72.2 cm³/mol. The van der Waals surface area contributed by atoms with Crippen LogP contribution in [0.15, 0.2) is 48.5 Å². The van der Waals surface area contributed by atoms with E-state index in [-0.39, 0.29) is 5.75 Å². The Labute approximate surface area is 127 Å². The Morgan fingerprint density at radius 2 is 1.22 bits per heavy atom. The second kappa shape index (κ2) is 6.02. The summed E-state index contributed by atoms with van der Waals surface area (Å²) in [7, 11) is 0. The van der Waals surface area contributed by atoms with Crippen LogP contribution in [-0.4, -0.2) is 12.6 Å². The van der Waals surface area contributed by atoms with E-state index in [9.17, 15) is 26.3 Å². The number of nitrogens with two attached hydrogens (primary N) is 1. The van der Waals surface area contributed by atoms with Gasteiger partial charge in [-0.15, -0.1) is 0 Å². The summed E-state index contributed by atoms with van der Waals surface area (Å²) in [6.07, 6.45) is -9.98. The number of halogens is 6. The van der Waals surface area contributed by atoms with E-state index in [1.54, 1.807) is 0 Å². The molecule has 0 aliphatic heterocycles. The molecule has 0 saturated carbocycles. The van der Waals surface area contributed by atoms with E-state index in [2.05, 4.69) is 0 Å². The van der Waals surface area contributed by atoms with Gasteiger partial charge in [0.2, 0.25) is 0 Å². The molecule has 0 aromatic heterocycles. The van der Waals surface area contributed by atoms with Crippen LogP contribution in [0.2, 0.25) is 0 Å². The van der Waals surface area contributed by atoms with Crippen LogP contribution in [0.5, 0.6) is 11.5 Å². The second-order valence-electron chi connectivity index (χ2n) is 4.71. The van der Waals surface area contributed by atoms with Crippen LogP contribution >= 0.6 is 0 Å². The van der Waals surface area contributed by atoms with Crippen molar-refractivity contribution in [3.63, 3.8) is 0 Å². The van der Waals surface area contributed by atoms with Crippen LogP contribution in [0.25, 0.3) is 0 Å². The van der Waals surface area contributed by atoms with E-state index in [0.29, 0.717) is 23.6 Å². The number of hydrogen-bond acceptors (Lipinski definition) is 2. The smallest absolute Gasteiger partial charge is 0.432 e. The average molecular weight is 335 g/mol. The van der Waals surface area contributed by atoms with Crippen molar-refractivity contribution in [3.8, 4) is 11.5 Å². The van der Waals surface area contributed by atoms with Crippen molar-refractivity contribution < 1.29 is 31.1 Å². The number of alkyl halides is 6. The standard InChI is InChI=1S/C15H11F6NO/c16-13(17)14(18,15(19,20)21)9-1-5-11(6-2-9)23-12-7-3-10(22)4-8-12/h1-8,13H,22H2. The summed E-state index contributed by atoms with van der Waals surface area (Å²) in [6, 6.07) is 9.30. The van der Waals surface area contributed by atoms with Crippen LogP contribution in [0.4, 0.5) is 32.0 Å². The molecule has 1 unspecified atom stereocenters. The summed E-state index contributed by atoms with van der Waals surface area (Å²) in [4.78, 5) is 0. The minimum absolute atomic E-state index is 0.0670. The van der Waals surface area contributed by atoms with Gasteiger partial charge in [-0.25, -0.2) is 13.2 Å². The molecule has 8 heteroatoms. The lowest BCUT2D eigenvalue weighted by atomic mass is 9.95. The molecular formula is C15H11F6NO. The first-order chi connectivity index (χ1) is 10.6. The first-order valence-electron chi connectivity index (χ1n) is 6.32. The van der Waals surface area contributed by atoms with Crippen molar-refractivity contribution in [2.24, 2.45) is 0 Å². The van der Waals surface area contributed by atoms with Gasteiger partial charge in [-0.05, 0) is 36.4 Å². The van der Waals surface area contributed by atoms with Crippen molar-refractivity contribution in [2.75, 3.05) is 5.73 Å². The molecule has 0 aliphatic carbocycles. The second-order valence-corrected chi connectivity index (χ2v) is 4.71. The van der Waals surface area contributed by atoms with E-state index in [1.165, 1.54) is 24.3 Å². The summed E-state index contributed by atoms with van der Waals surface area (Å²) < 4.78 is 82.2. The monoisotopic (exact) mass is 335 g/mol. The zero-order chi connectivity index (χ0) is 17.3. The fraction of sp³-hybridized carbons (Fsp3) is 0.200. The molecule has 0 bridgehead atoms. The van der Waals surface area contributed by atoms with E-state index in [0.717, 1.165) is 12.1 Å². The molecule has 23 heavy (non-hydrogen) atoms. The highest BCUT2D eigenvalue weighted by Crippen LogP contribution is 2.47. The van der Waals surface area contributed by atoms with Gasteiger partial charge in [-0.1, -0.05) is 12.1 Å². The summed E-state index contributed by atoms with van der Waals surface area (Å²) in [5, 5.41) is 0. The first kappa shape index (κ1) is 17.0. The van der Waals surface area contributed by atoms with Gasteiger partial charge in [0, 0.05) is 11.3 Å².